The first-order valence-electron chi connectivity index (χ1n) is 10.2. The highest BCUT2D eigenvalue weighted by atomic mass is 31.2. The van der Waals surface area contributed by atoms with Gasteiger partial charge in [-0.2, -0.15) is 0 Å². The maximum atomic E-state index is 13.4. The van der Waals surface area contributed by atoms with Crippen molar-refractivity contribution in [3.05, 3.63) is 6.20 Å². The molecular formula is C19H32N3O9P. The van der Waals surface area contributed by atoms with Gasteiger partial charge in [0.15, 0.2) is 5.44 Å². The van der Waals surface area contributed by atoms with Crippen molar-refractivity contribution < 1.29 is 42.5 Å². The van der Waals surface area contributed by atoms with Crippen LogP contribution in [0.5, 0.6) is 0 Å². The first-order valence-corrected chi connectivity index (χ1v) is 11.7. The van der Waals surface area contributed by atoms with Gasteiger partial charge in [0, 0.05) is 6.61 Å². The van der Waals surface area contributed by atoms with E-state index in [1.54, 1.807) is 41.5 Å². The molecule has 32 heavy (non-hydrogen) atoms. The van der Waals surface area contributed by atoms with Crippen molar-refractivity contribution in [1.82, 2.24) is 15.0 Å². The lowest BCUT2D eigenvalue weighted by molar-refractivity contribution is -0.161. The highest BCUT2D eigenvalue weighted by Crippen LogP contribution is 2.46. The Balaban J connectivity index is 2.09. The Hall–Kier alpha value is -1.85. The van der Waals surface area contributed by atoms with Crippen LogP contribution in [-0.4, -0.2) is 64.4 Å². The van der Waals surface area contributed by atoms with Crippen molar-refractivity contribution in [2.75, 3.05) is 20.2 Å². The molecule has 1 unspecified atom stereocenters. The minimum atomic E-state index is -4.18. The fraction of sp³-hybridized carbons (Fsp3) is 0.789. The molecule has 1 aliphatic rings. The lowest BCUT2D eigenvalue weighted by Crippen LogP contribution is -2.27. The normalized spacial score (nSPS) is 19.7. The van der Waals surface area contributed by atoms with Crippen LogP contribution < -0.4 is 5.44 Å². The monoisotopic (exact) mass is 477 g/mol. The van der Waals surface area contributed by atoms with Gasteiger partial charge in [-0.1, -0.05) is 5.21 Å². The van der Waals surface area contributed by atoms with E-state index in [2.05, 4.69) is 10.3 Å². The summed E-state index contributed by atoms with van der Waals surface area (Å²) < 4.78 is 40.6. The third-order valence-electron chi connectivity index (χ3n) is 4.40. The molecule has 1 saturated heterocycles. The topological polar surface area (TPSA) is 148 Å². The number of hydrogen-bond donors (Lipinski definition) is 1. The summed E-state index contributed by atoms with van der Waals surface area (Å²) in [5.74, 6) is -1.14. The Morgan fingerprint density at radius 2 is 1.66 bits per heavy atom. The highest BCUT2D eigenvalue weighted by molar-refractivity contribution is 7.61. The van der Waals surface area contributed by atoms with Crippen LogP contribution in [0.1, 0.15) is 48.0 Å². The van der Waals surface area contributed by atoms with E-state index < -0.39 is 56.2 Å². The third kappa shape index (κ3) is 7.35. The Morgan fingerprint density at radius 1 is 1.12 bits per heavy atom. The number of aromatic nitrogens is 3. The minimum absolute atomic E-state index is 0.173. The summed E-state index contributed by atoms with van der Waals surface area (Å²) in [4.78, 5) is 23.9. The Labute approximate surface area is 187 Å². The lowest BCUT2D eigenvalue weighted by Gasteiger charge is -2.20. The molecule has 0 amide bonds. The standard InChI is InChI=1S/C19H32N3O9P/c1-18(2,3)16(24)28-11-30-32(26,31-12-29-17(25)19(4,5)6)15-10-22(21-20-15)9-14-13(23)7-8-27-14/h10,13-14,23H,7-9,11-12H2,1-6H3/t13-,14?/m1/s1. The van der Waals surface area contributed by atoms with Gasteiger partial charge in [-0.25, -0.2) is 4.68 Å². The molecule has 13 heteroatoms. The second kappa shape index (κ2) is 10.4. The molecule has 1 fully saturated rings. The quantitative estimate of drug-likeness (QED) is 0.312. The van der Waals surface area contributed by atoms with Crippen LogP contribution >= 0.6 is 7.60 Å². The molecule has 0 aliphatic carbocycles. The van der Waals surface area contributed by atoms with Crippen molar-refractivity contribution in [3.8, 4) is 0 Å². The van der Waals surface area contributed by atoms with Crippen LogP contribution in [0, 0.1) is 10.8 Å². The molecule has 2 heterocycles. The molecule has 0 saturated carbocycles. The number of aliphatic hydroxyl groups excluding tert-OH is 1. The number of nitrogens with zero attached hydrogens (tertiary/aromatic N) is 3. The molecule has 1 aromatic heterocycles. The van der Waals surface area contributed by atoms with Crippen LogP contribution in [0.25, 0.3) is 0 Å². The summed E-state index contributed by atoms with van der Waals surface area (Å²) in [6, 6.07) is 0. The number of ether oxygens (including phenoxy) is 3. The maximum absolute atomic E-state index is 13.4. The molecule has 0 radical (unpaired) electrons. The Bertz CT molecular complexity index is 808. The van der Waals surface area contributed by atoms with Crippen LogP contribution in [0.15, 0.2) is 6.20 Å². The van der Waals surface area contributed by atoms with Crippen molar-refractivity contribution in [2.24, 2.45) is 10.8 Å². The molecule has 2 rings (SSSR count). The van der Waals surface area contributed by atoms with Gasteiger partial charge >= 0.3 is 19.5 Å². The number of hydrogen-bond acceptors (Lipinski definition) is 11. The number of carbonyl (C=O) groups excluding carboxylic acids is 2. The average molecular weight is 477 g/mol. The Kier molecular flexibility index (Phi) is 8.57. The average Bonchev–Trinajstić information content (AvgIpc) is 3.30. The molecule has 1 N–H and O–H groups in total. The second-order valence-electron chi connectivity index (χ2n) is 9.42. The molecular weight excluding hydrogens is 445 g/mol. The molecule has 0 aromatic carbocycles. The molecule has 12 nitrogen and oxygen atoms in total. The van der Waals surface area contributed by atoms with Gasteiger partial charge in [0.2, 0.25) is 13.6 Å². The summed E-state index contributed by atoms with van der Waals surface area (Å²) in [5.41, 5.74) is -1.76. The number of carbonyl (C=O) groups is 2. The van der Waals surface area contributed by atoms with Crippen LogP contribution in [-0.2, 0) is 44.0 Å². The number of esters is 2. The maximum Gasteiger partial charge on any atom is 0.388 e. The molecule has 182 valence electrons. The molecule has 1 aliphatic heterocycles. The molecule has 0 bridgehead atoms. The van der Waals surface area contributed by atoms with Gasteiger partial charge in [0.05, 0.1) is 29.7 Å². The lowest BCUT2D eigenvalue weighted by atomic mass is 9.98. The van der Waals surface area contributed by atoms with Crippen molar-refractivity contribution in [3.63, 3.8) is 0 Å². The van der Waals surface area contributed by atoms with E-state index in [0.717, 1.165) is 0 Å². The predicted octanol–water partition coefficient (Wildman–Crippen LogP) is 1.37. The zero-order chi connectivity index (χ0) is 24.2. The fourth-order valence-corrected chi connectivity index (χ4v) is 3.55. The number of aliphatic hydroxyl groups is 1. The molecule has 0 spiro atoms. The van der Waals surface area contributed by atoms with Gasteiger partial charge in [0.25, 0.3) is 0 Å². The summed E-state index contributed by atoms with van der Waals surface area (Å²) in [6.07, 6.45) is 0.698. The van der Waals surface area contributed by atoms with Crippen molar-refractivity contribution in [2.45, 2.75) is 66.7 Å². The minimum Gasteiger partial charge on any atom is -0.438 e. The van der Waals surface area contributed by atoms with E-state index >= 15 is 0 Å². The van der Waals surface area contributed by atoms with Gasteiger partial charge in [0.1, 0.15) is 6.10 Å². The number of rotatable bonds is 9. The molecule has 1 aromatic rings. The van der Waals surface area contributed by atoms with Crippen molar-refractivity contribution in [1.29, 1.82) is 0 Å². The van der Waals surface area contributed by atoms with Crippen LogP contribution in [0.4, 0.5) is 0 Å². The predicted molar refractivity (Wildman–Crippen MR) is 111 cm³/mol. The largest absolute Gasteiger partial charge is 0.438 e. The molecule has 2 atom stereocenters. The summed E-state index contributed by atoms with van der Waals surface area (Å²) in [6.45, 7) is 9.19. The smallest absolute Gasteiger partial charge is 0.388 e. The summed E-state index contributed by atoms with van der Waals surface area (Å²) in [5, 5.41) is 17.6. The van der Waals surface area contributed by atoms with E-state index in [-0.39, 0.29) is 12.0 Å². The van der Waals surface area contributed by atoms with Gasteiger partial charge in [-0.3, -0.25) is 23.2 Å². The Morgan fingerprint density at radius 3 is 2.09 bits per heavy atom. The first kappa shape index (κ1) is 26.4. The fourth-order valence-electron chi connectivity index (χ4n) is 2.40. The van der Waals surface area contributed by atoms with E-state index in [9.17, 15) is 19.3 Å². The van der Waals surface area contributed by atoms with E-state index in [1.807, 2.05) is 0 Å². The van der Waals surface area contributed by atoms with Crippen LogP contribution in [0.2, 0.25) is 0 Å². The first-order chi connectivity index (χ1) is 14.7. The van der Waals surface area contributed by atoms with Crippen LogP contribution in [0.3, 0.4) is 0 Å². The van der Waals surface area contributed by atoms with E-state index in [1.165, 1.54) is 10.9 Å². The third-order valence-corrected chi connectivity index (χ3v) is 6.06. The van der Waals surface area contributed by atoms with Gasteiger partial charge < -0.3 is 19.3 Å². The van der Waals surface area contributed by atoms with Crippen molar-refractivity contribution >= 4 is 25.0 Å². The van der Waals surface area contributed by atoms with E-state index in [0.29, 0.717) is 13.0 Å². The second-order valence-corrected chi connectivity index (χ2v) is 11.4. The zero-order valence-corrected chi connectivity index (χ0v) is 20.2. The highest BCUT2D eigenvalue weighted by Gasteiger charge is 2.35. The van der Waals surface area contributed by atoms with Gasteiger partial charge in [-0.15, -0.1) is 5.10 Å². The van der Waals surface area contributed by atoms with Gasteiger partial charge in [-0.05, 0) is 48.0 Å². The summed E-state index contributed by atoms with van der Waals surface area (Å²) in [7, 11) is -4.18. The zero-order valence-electron chi connectivity index (χ0n) is 19.3. The SMILES string of the molecule is CC(C)(C)C(=O)OCOP(=O)(OCOC(=O)C(C)(C)C)c1cn(CC2OCC[C@H]2O)nn1. The summed E-state index contributed by atoms with van der Waals surface area (Å²) >= 11 is 0. The van der Waals surface area contributed by atoms with E-state index in [4.69, 9.17) is 23.3 Å².